The third-order valence-electron chi connectivity index (χ3n) is 2.49. The Balaban J connectivity index is 2.77. The van der Waals surface area contributed by atoms with E-state index in [9.17, 15) is 14.7 Å². The number of rotatable bonds is 5. The van der Waals surface area contributed by atoms with Gasteiger partial charge in [0, 0.05) is 12.1 Å². The van der Waals surface area contributed by atoms with Gasteiger partial charge in [0.15, 0.2) is 6.04 Å². The summed E-state index contributed by atoms with van der Waals surface area (Å²) in [4.78, 5) is 22.6. The minimum Gasteiger partial charge on any atom is -0.480 e. The molecular formula is C12H16N2O4. The summed E-state index contributed by atoms with van der Waals surface area (Å²) in [6, 6.07) is 5.16. The third-order valence-corrected chi connectivity index (χ3v) is 2.49. The largest absolute Gasteiger partial charge is 0.480 e. The van der Waals surface area contributed by atoms with E-state index in [4.69, 9.17) is 10.8 Å². The molecule has 0 aliphatic heterocycles. The molecule has 1 amide bonds. The second kappa shape index (κ2) is 6.13. The van der Waals surface area contributed by atoms with Gasteiger partial charge in [-0.05, 0) is 24.6 Å². The number of aliphatic hydroxyl groups is 1. The van der Waals surface area contributed by atoms with Gasteiger partial charge in [-0.2, -0.15) is 0 Å². The van der Waals surface area contributed by atoms with E-state index in [1.807, 2.05) is 0 Å². The highest BCUT2D eigenvalue weighted by Gasteiger charge is 2.25. The molecule has 0 fully saturated rings. The minimum absolute atomic E-state index is 0.319. The van der Waals surface area contributed by atoms with Gasteiger partial charge < -0.3 is 21.3 Å². The number of carboxylic acid groups (broad SMARTS) is 1. The first-order valence-corrected chi connectivity index (χ1v) is 5.46. The topological polar surface area (TPSA) is 113 Å². The molecule has 6 heteroatoms. The molecule has 1 aromatic carbocycles. The molecule has 0 radical (unpaired) electrons. The second-order valence-corrected chi connectivity index (χ2v) is 3.93. The van der Waals surface area contributed by atoms with E-state index in [-0.39, 0.29) is 0 Å². The van der Waals surface area contributed by atoms with E-state index in [0.29, 0.717) is 12.1 Å². The molecular weight excluding hydrogens is 236 g/mol. The fourth-order valence-electron chi connectivity index (χ4n) is 1.41. The SMILES string of the molecule is C[C@@H](O)[C@H](NC(=O)c1ccc(CN)cc1)C(=O)O. The van der Waals surface area contributed by atoms with Gasteiger partial charge in [0.05, 0.1) is 6.10 Å². The summed E-state index contributed by atoms with van der Waals surface area (Å²) in [5.74, 6) is -1.83. The van der Waals surface area contributed by atoms with Gasteiger partial charge in [-0.15, -0.1) is 0 Å². The van der Waals surface area contributed by atoms with E-state index in [2.05, 4.69) is 5.32 Å². The van der Waals surface area contributed by atoms with E-state index >= 15 is 0 Å². The molecule has 0 aliphatic carbocycles. The highest BCUT2D eigenvalue weighted by Crippen LogP contribution is 2.05. The van der Waals surface area contributed by atoms with Gasteiger partial charge in [-0.3, -0.25) is 4.79 Å². The molecule has 1 aromatic rings. The standard InChI is InChI=1S/C12H16N2O4/c1-7(15)10(12(17)18)14-11(16)9-4-2-8(6-13)3-5-9/h2-5,7,10,15H,6,13H2,1H3,(H,14,16)(H,17,18)/t7-,10+/m1/s1. The molecule has 0 heterocycles. The Bertz CT molecular complexity index is 428. The zero-order chi connectivity index (χ0) is 13.7. The lowest BCUT2D eigenvalue weighted by molar-refractivity contribution is -0.141. The van der Waals surface area contributed by atoms with Crippen molar-refractivity contribution >= 4 is 11.9 Å². The maximum Gasteiger partial charge on any atom is 0.328 e. The Kier molecular flexibility index (Phi) is 4.82. The van der Waals surface area contributed by atoms with Crippen molar-refractivity contribution in [2.45, 2.75) is 25.6 Å². The lowest BCUT2D eigenvalue weighted by atomic mass is 10.1. The van der Waals surface area contributed by atoms with E-state index in [1.165, 1.54) is 6.92 Å². The van der Waals surface area contributed by atoms with Crippen molar-refractivity contribution in [3.63, 3.8) is 0 Å². The smallest absolute Gasteiger partial charge is 0.328 e. The van der Waals surface area contributed by atoms with Crippen LogP contribution < -0.4 is 11.1 Å². The molecule has 0 aliphatic rings. The maximum atomic E-state index is 11.7. The van der Waals surface area contributed by atoms with Crippen LogP contribution in [0, 0.1) is 0 Å². The Morgan fingerprint density at radius 2 is 1.89 bits per heavy atom. The van der Waals surface area contributed by atoms with Crippen molar-refractivity contribution in [3.8, 4) is 0 Å². The average molecular weight is 252 g/mol. The van der Waals surface area contributed by atoms with Crippen LogP contribution in [0.5, 0.6) is 0 Å². The quantitative estimate of drug-likeness (QED) is 0.575. The molecule has 1 rings (SSSR count). The van der Waals surface area contributed by atoms with Crippen LogP contribution in [0.3, 0.4) is 0 Å². The second-order valence-electron chi connectivity index (χ2n) is 3.93. The number of benzene rings is 1. The van der Waals surface area contributed by atoms with Crippen molar-refractivity contribution in [2.24, 2.45) is 5.73 Å². The highest BCUT2D eigenvalue weighted by molar-refractivity contribution is 5.96. The summed E-state index contributed by atoms with van der Waals surface area (Å²) in [7, 11) is 0. The average Bonchev–Trinajstić information content (AvgIpc) is 2.35. The number of carbonyl (C=O) groups is 2. The number of nitrogens with two attached hydrogens (primary N) is 1. The van der Waals surface area contributed by atoms with Crippen molar-refractivity contribution < 1.29 is 19.8 Å². The molecule has 0 bridgehead atoms. The van der Waals surface area contributed by atoms with Crippen LogP contribution >= 0.6 is 0 Å². The van der Waals surface area contributed by atoms with Gasteiger partial charge in [0.25, 0.3) is 5.91 Å². The normalized spacial score (nSPS) is 13.7. The van der Waals surface area contributed by atoms with Crippen LogP contribution in [0.2, 0.25) is 0 Å². The molecule has 0 saturated heterocycles. The van der Waals surface area contributed by atoms with Crippen LogP contribution in [0.1, 0.15) is 22.8 Å². The first kappa shape index (κ1) is 14.1. The van der Waals surface area contributed by atoms with Crippen LogP contribution in [0.25, 0.3) is 0 Å². The maximum absolute atomic E-state index is 11.7. The Morgan fingerprint density at radius 1 is 1.33 bits per heavy atom. The summed E-state index contributed by atoms with van der Waals surface area (Å²) in [6.45, 7) is 1.67. The number of aliphatic carboxylic acids is 1. The number of nitrogens with one attached hydrogen (secondary N) is 1. The number of hydrogen-bond donors (Lipinski definition) is 4. The van der Waals surface area contributed by atoms with Crippen molar-refractivity contribution in [3.05, 3.63) is 35.4 Å². The van der Waals surface area contributed by atoms with Crippen LogP contribution in [0.15, 0.2) is 24.3 Å². The number of hydrogen-bond acceptors (Lipinski definition) is 4. The molecule has 98 valence electrons. The monoisotopic (exact) mass is 252 g/mol. The van der Waals surface area contributed by atoms with E-state index in [0.717, 1.165) is 5.56 Å². The summed E-state index contributed by atoms with van der Waals surface area (Å²) in [5.41, 5.74) is 6.62. The van der Waals surface area contributed by atoms with Gasteiger partial charge in [-0.1, -0.05) is 12.1 Å². The third kappa shape index (κ3) is 3.54. The Morgan fingerprint density at radius 3 is 2.28 bits per heavy atom. The summed E-state index contributed by atoms with van der Waals surface area (Å²) in [5, 5.41) is 20.3. The first-order chi connectivity index (χ1) is 8.45. The molecule has 18 heavy (non-hydrogen) atoms. The predicted molar refractivity (Wildman–Crippen MR) is 64.9 cm³/mol. The minimum atomic E-state index is -1.33. The molecule has 0 unspecified atom stereocenters. The lowest BCUT2D eigenvalue weighted by Gasteiger charge is -2.17. The van der Waals surface area contributed by atoms with Crippen LogP contribution in [-0.4, -0.2) is 34.2 Å². The molecule has 0 saturated carbocycles. The number of carboxylic acids is 1. The zero-order valence-corrected chi connectivity index (χ0v) is 9.96. The fourth-order valence-corrected chi connectivity index (χ4v) is 1.41. The number of carbonyl (C=O) groups excluding carboxylic acids is 1. The predicted octanol–water partition coefficient (Wildman–Crippen LogP) is -0.291. The van der Waals surface area contributed by atoms with Crippen molar-refractivity contribution in [2.75, 3.05) is 0 Å². The Labute approximate surface area is 104 Å². The van der Waals surface area contributed by atoms with Gasteiger partial charge >= 0.3 is 5.97 Å². The van der Waals surface area contributed by atoms with Crippen LogP contribution in [-0.2, 0) is 11.3 Å². The molecule has 0 aromatic heterocycles. The van der Waals surface area contributed by atoms with Crippen LogP contribution in [0.4, 0.5) is 0 Å². The molecule has 5 N–H and O–H groups in total. The summed E-state index contributed by atoms with van der Waals surface area (Å²) < 4.78 is 0. The highest BCUT2D eigenvalue weighted by atomic mass is 16.4. The lowest BCUT2D eigenvalue weighted by Crippen LogP contribution is -2.47. The first-order valence-electron chi connectivity index (χ1n) is 5.46. The summed E-state index contributed by atoms with van der Waals surface area (Å²) in [6.07, 6.45) is -1.17. The van der Waals surface area contributed by atoms with Gasteiger partial charge in [-0.25, -0.2) is 4.79 Å². The zero-order valence-electron chi connectivity index (χ0n) is 9.96. The molecule has 6 nitrogen and oxygen atoms in total. The van der Waals surface area contributed by atoms with Crippen molar-refractivity contribution in [1.82, 2.24) is 5.32 Å². The van der Waals surface area contributed by atoms with Gasteiger partial charge in [0.2, 0.25) is 0 Å². The molecule has 2 atom stereocenters. The van der Waals surface area contributed by atoms with Gasteiger partial charge in [0.1, 0.15) is 0 Å². The molecule has 0 spiro atoms. The van der Waals surface area contributed by atoms with E-state index < -0.39 is 24.0 Å². The summed E-state index contributed by atoms with van der Waals surface area (Å²) >= 11 is 0. The van der Waals surface area contributed by atoms with E-state index in [1.54, 1.807) is 24.3 Å². The van der Waals surface area contributed by atoms with Crippen molar-refractivity contribution in [1.29, 1.82) is 0 Å². The number of aliphatic hydroxyl groups excluding tert-OH is 1. The number of amides is 1. The fraction of sp³-hybridized carbons (Fsp3) is 0.333. The Hall–Kier alpha value is -1.92.